The number of hydrazone groups is 1. The zero-order valence-electron chi connectivity index (χ0n) is 9.43. The number of carbonyl (C=O) groups excluding carboxylic acids is 1. The van der Waals surface area contributed by atoms with Crippen LogP contribution < -0.4 is 5.43 Å². The van der Waals surface area contributed by atoms with Crippen LogP contribution in [0.2, 0.25) is 10.0 Å². The quantitative estimate of drug-likeness (QED) is 0.672. The summed E-state index contributed by atoms with van der Waals surface area (Å²) in [5.74, 6) is -0.468. The van der Waals surface area contributed by atoms with Gasteiger partial charge in [0.15, 0.2) is 0 Å². The van der Waals surface area contributed by atoms with Gasteiger partial charge in [0.25, 0.3) is 5.91 Å². The molecule has 0 saturated carbocycles. The van der Waals surface area contributed by atoms with E-state index in [2.05, 4.69) is 10.5 Å². The van der Waals surface area contributed by atoms with Crippen molar-refractivity contribution < 1.29 is 9.90 Å². The van der Waals surface area contributed by atoms with Crippen LogP contribution in [0.25, 0.3) is 0 Å². The third kappa shape index (κ3) is 3.47. The molecule has 19 heavy (non-hydrogen) atoms. The maximum atomic E-state index is 11.6. The van der Waals surface area contributed by atoms with Gasteiger partial charge < -0.3 is 5.11 Å². The fourth-order valence-electron chi connectivity index (χ4n) is 1.30. The molecule has 98 valence electrons. The number of phenolic OH excluding ortho intramolecular Hbond substituents is 1. The number of aromatic hydroxyl groups is 1. The minimum absolute atomic E-state index is 0.123. The molecule has 0 atom stereocenters. The topological polar surface area (TPSA) is 61.7 Å². The zero-order valence-corrected chi connectivity index (χ0v) is 11.8. The molecular formula is C12H8Cl2N2O2S. The monoisotopic (exact) mass is 314 g/mol. The lowest BCUT2D eigenvalue weighted by atomic mass is 10.2. The summed E-state index contributed by atoms with van der Waals surface area (Å²) in [6, 6.07) is 4.59. The predicted molar refractivity (Wildman–Crippen MR) is 77.5 cm³/mol. The Labute approximate surface area is 123 Å². The van der Waals surface area contributed by atoms with Gasteiger partial charge in [-0.05, 0) is 23.6 Å². The van der Waals surface area contributed by atoms with E-state index in [0.29, 0.717) is 16.1 Å². The molecule has 1 amide bonds. The van der Waals surface area contributed by atoms with Crippen LogP contribution in [0.15, 0.2) is 34.1 Å². The number of halogens is 2. The molecule has 1 heterocycles. The van der Waals surface area contributed by atoms with Crippen molar-refractivity contribution in [3.63, 3.8) is 0 Å². The van der Waals surface area contributed by atoms with Crippen molar-refractivity contribution in [2.45, 2.75) is 0 Å². The van der Waals surface area contributed by atoms with Crippen molar-refractivity contribution >= 4 is 46.7 Å². The molecule has 0 unspecified atom stereocenters. The normalized spacial score (nSPS) is 10.8. The highest BCUT2D eigenvalue weighted by atomic mass is 35.5. The Morgan fingerprint density at radius 2 is 2.21 bits per heavy atom. The van der Waals surface area contributed by atoms with E-state index in [4.69, 9.17) is 23.2 Å². The zero-order chi connectivity index (χ0) is 13.8. The summed E-state index contributed by atoms with van der Waals surface area (Å²) in [7, 11) is 0. The van der Waals surface area contributed by atoms with Crippen LogP contribution >= 0.6 is 34.5 Å². The van der Waals surface area contributed by atoms with Crippen molar-refractivity contribution in [2.75, 3.05) is 0 Å². The average Bonchev–Trinajstić information content (AvgIpc) is 2.88. The molecular weight excluding hydrogens is 307 g/mol. The highest BCUT2D eigenvalue weighted by Crippen LogP contribution is 2.29. The van der Waals surface area contributed by atoms with Crippen LogP contribution in [0.1, 0.15) is 15.9 Å². The van der Waals surface area contributed by atoms with Gasteiger partial charge in [-0.25, -0.2) is 5.43 Å². The van der Waals surface area contributed by atoms with Crippen molar-refractivity contribution in [3.05, 3.63) is 50.1 Å². The maximum Gasteiger partial charge on any atom is 0.272 e. The molecule has 0 aliphatic carbocycles. The number of nitrogens with one attached hydrogen (secondary N) is 1. The summed E-state index contributed by atoms with van der Waals surface area (Å²) in [4.78, 5) is 11.6. The third-order valence-corrected chi connectivity index (χ3v) is 3.40. The summed E-state index contributed by atoms with van der Waals surface area (Å²) in [5, 5.41) is 17.4. The number of thiophene rings is 1. The Balaban J connectivity index is 2.09. The van der Waals surface area contributed by atoms with Crippen molar-refractivity contribution in [1.29, 1.82) is 0 Å². The number of amides is 1. The SMILES string of the molecule is O=C(NN=Cc1cc(Cl)cc(Cl)c1O)c1ccsc1. The van der Waals surface area contributed by atoms with Crippen LogP contribution in [-0.4, -0.2) is 17.2 Å². The number of hydrogen-bond donors (Lipinski definition) is 2. The average molecular weight is 315 g/mol. The lowest BCUT2D eigenvalue weighted by molar-refractivity contribution is 0.0955. The largest absolute Gasteiger partial charge is 0.506 e. The van der Waals surface area contributed by atoms with E-state index in [-0.39, 0.29) is 16.7 Å². The van der Waals surface area contributed by atoms with Crippen LogP contribution in [0.4, 0.5) is 0 Å². The van der Waals surface area contributed by atoms with Crippen LogP contribution in [-0.2, 0) is 0 Å². The standard InChI is InChI=1S/C12H8Cl2N2O2S/c13-9-3-8(11(17)10(14)4-9)5-15-16-12(18)7-1-2-19-6-7/h1-6,17H,(H,16,18). The number of benzene rings is 1. The van der Waals surface area contributed by atoms with Gasteiger partial charge in [-0.15, -0.1) is 0 Å². The van der Waals surface area contributed by atoms with E-state index < -0.39 is 0 Å². The number of phenols is 1. The molecule has 0 aliphatic rings. The van der Waals surface area contributed by atoms with E-state index >= 15 is 0 Å². The molecule has 0 bridgehead atoms. The molecule has 2 N–H and O–H groups in total. The fraction of sp³-hybridized carbons (Fsp3) is 0. The first kappa shape index (κ1) is 13.9. The molecule has 4 nitrogen and oxygen atoms in total. The molecule has 0 radical (unpaired) electrons. The third-order valence-electron chi connectivity index (χ3n) is 2.21. The van der Waals surface area contributed by atoms with Gasteiger partial charge in [-0.2, -0.15) is 16.4 Å². The molecule has 0 spiro atoms. The fourth-order valence-corrected chi connectivity index (χ4v) is 2.45. The summed E-state index contributed by atoms with van der Waals surface area (Å²) in [5.41, 5.74) is 3.19. The lowest BCUT2D eigenvalue weighted by Crippen LogP contribution is -2.16. The van der Waals surface area contributed by atoms with E-state index in [0.717, 1.165) is 0 Å². The van der Waals surface area contributed by atoms with Crippen LogP contribution in [0, 0.1) is 0 Å². The summed E-state index contributed by atoms with van der Waals surface area (Å²) < 4.78 is 0. The van der Waals surface area contributed by atoms with Crippen molar-refractivity contribution in [1.82, 2.24) is 5.43 Å². The van der Waals surface area contributed by atoms with Gasteiger partial charge in [0, 0.05) is 16.0 Å². The first-order valence-corrected chi connectivity index (χ1v) is 6.81. The minimum Gasteiger partial charge on any atom is -0.506 e. The first-order valence-electron chi connectivity index (χ1n) is 5.11. The minimum atomic E-state index is -0.329. The van der Waals surface area contributed by atoms with Crippen molar-refractivity contribution in [2.24, 2.45) is 5.10 Å². The van der Waals surface area contributed by atoms with Crippen LogP contribution in [0.5, 0.6) is 5.75 Å². The molecule has 2 rings (SSSR count). The van der Waals surface area contributed by atoms with E-state index in [1.165, 1.54) is 29.7 Å². The Morgan fingerprint density at radius 1 is 1.42 bits per heavy atom. The molecule has 2 aromatic rings. The molecule has 7 heteroatoms. The Bertz CT molecular complexity index is 627. The Hall–Kier alpha value is -1.56. The summed E-state index contributed by atoms with van der Waals surface area (Å²) in [6.45, 7) is 0. The van der Waals surface area contributed by atoms with E-state index in [9.17, 15) is 9.90 Å². The van der Waals surface area contributed by atoms with Gasteiger partial charge in [0.1, 0.15) is 5.75 Å². The number of carbonyl (C=O) groups is 1. The van der Waals surface area contributed by atoms with Gasteiger partial charge in [0.2, 0.25) is 0 Å². The summed E-state index contributed by atoms with van der Waals surface area (Å²) >= 11 is 13.0. The van der Waals surface area contributed by atoms with E-state index in [1.807, 2.05) is 0 Å². The highest BCUT2D eigenvalue weighted by molar-refractivity contribution is 7.08. The Morgan fingerprint density at radius 3 is 2.89 bits per heavy atom. The van der Waals surface area contributed by atoms with Gasteiger partial charge >= 0.3 is 0 Å². The van der Waals surface area contributed by atoms with Gasteiger partial charge in [0.05, 0.1) is 16.8 Å². The highest BCUT2D eigenvalue weighted by Gasteiger charge is 2.07. The maximum absolute atomic E-state index is 11.6. The predicted octanol–water partition coefficient (Wildman–Crippen LogP) is 3.52. The second kappa shape index (κ2) is 6.06. The smallest absolute Gasteiger partial charge is 0.272 e. The molecule has 0 fully saturated rings. The first-order chi connectivity index (χ1) is 9.08. The van der Waals surface area contributed by atoms with Gasteiger partial charge in [-0.1, -0.05) is 23.2 Å². The second-order valence-electron chi connectivity index (χ2n) is 3.54. The lowest BCUT2D eigenvalue weighted by Gasteiger charge is -2.02. The van der Waals surface area contributed by atoms with E-state index in [1.54, 1.807) is 16.8 Å². The molecule has 1 aromatic heterocycles. The molecule has 1 aromatic carbocycles. The number of nitrogens with zero attached hydrogens (tertiary/aromatic N) is 1. The number of rotatable bonds is 3. The molecule has 0 aliphatic heterocycles. The summed E-state index contributed by atoms with van der Waals surface area (Å²) in [6.07, 6.45) is 1.28. The van der Waals surface area contributed by atoms with Gasteiger partial charge in [-0.3, -0.25) is 4.79 Å². The Kier molecular flexibility index (Phi) is 4.42. The van der Waals surface area contributed by atoms with Crippen molar-refractivity contribution in [3.8, 4) is 5.75 Å². The number of hydrogen-bond acceptors (Lipinski definition) is 4. The molecule has 0 saturated heterocycles. The second-order valence-corrected chi connectivity index (χ2v) is 5.16. The van der Waals surface area contributed by atoms with Crippen LogP contribution in [0.3, 0.4) is 0 Å².